The van der Waals surface area contributed by atoms with Gasteiger partial charge in [0.15, 0.2) is 0 Å². The number of nitrogens with one attached hydrogen (secondary N) is 2. The molecule has 3 N–H and O–H groups in total. The molecule has 0 bridgehead atoms. The molecule has 0 fully saturated rings. The van der Waals surface area contributed by atoms with E-state index in [4.69, 9.17) is 14.3 Å². The molecule has 7 heteroatoms. The van der Waals surface area contributed by atoms with Gasteiger partial charge in [-0.25, -0.2) is 0 Å². The van der Waals surface area contributed by atoms with Crippen LogP contribution >= 0.6 is 0 Å². The van der Waals surface area contributed by atoms with E-state index in [0.717, 1.165) is 40.2 Å². The zero-order valence-electron chi connectivity index (χ0n) is 18.9. The van der Waals surface area contributed by atoms with Crippen molar-refractivity contribution >= 4 is 28.5 Å². The van der Waals surface area contributed by atoms with Crippen molar-refractivity contribution in [1.29, 1.82) is 0 Å². The van der Waals surface area contributed by atoms with Gasteiger partial charge >= 0.3 is 5.97 Å². The molecule has 0 aliphatic rings. The molecule has 1 atom stereocenters. The van der Waals surface area contributed by atoms with Gasteiger partial charge in [-0.1, -0.05) is 13.8 Å². The van der Waals surface area contributed by atoms with Gasteiger partial charge in [0.1, 0.15) is 17.1 Å². The first-order valence-electron chi connectivity index (χ1n) is 10.7. The Bertz CT molecular complexity index is 1090. The number of carbonyl (C=O) groups is 2. The van der Waals surface area contributed by atoms with E-state index in [1.54, 1.807) is 19.2 Å². The molecule has 0 saturated carbocycles. The fraction of sp³-hybridized carbons (Fsp3) is 0.360. The van der Waals surface area contributed by atoms with Gasteiger partial charge in [0.05, 0.1) is 19.6 Å². The number of benzene rings is 2. The van der Waals surface area contributed by atoms with Crippen LogP contribution < -0.4 is 15.4 Å². The summed E-state index contributed by atoms with van der Waals surface area (Å²) in [6.45, 7) is 6.49. The van der Waals surface area contributed by atoms with Gasteiger partial charge < -0.3 is 24.9 Å². The zero-order valence-corrected chi connectivity index (χ0v) is 18.9. The van der Waals surface area contributed by atoms with E-state index in [9.17, 15) is 9.59 Å². The Labute approximate surface area is 187 Å². The molecule has 32 heavy (non-hydrogen) atoms. The summed E-state index contributed by atoms with van der Waals surface area (Å²) in [5.41, 5.74) is 3.25. The van der Waals surface area contributed by atoms with Crippen LogP contribution in [0.15, 0.2) is 46.9 Å². The molecule has 0 spiro atoms. The Kier molecular flexibility index (Phi) is 7.41. The van der Waals surface area contributed by atoms with Gasteiger partial charge in [-0.15, -0.1) is 0 Å². The number of carboxylic acids is 1. The van der Waals surface area contributed by atoms with Crippen molar-refractivity contribution in [3.63, 3.8) is 0 Å². The normalized spacial score (nSPS) is 12.0. The molecule has 1 heterocycles. The minimum atomic E-state index is -0.944. The predicted molar refractivity (Wildman–Crippen MR) is 124 cm³/mol. The maximum atomic E-state index is 12.2. The van der Waals surface area contributed by atoms with Crippen LogP contribution in [0.1, 0.15) is 54.4 Å². The number of hydrogen-bond acceptors (Lipinski definition) is 5. The average Bonchev–Trinajstić information content (AvgIpc) is 3.09. The first-order chi connectivity index (χ1) is 15.3. The number of rotatable bonds is 10. The van der Waals surface area contributed by atoms with Crippen molar-refractivity contribution < 1.29 is 23.8 Å². The van der Waals surface area contributed by atoms with Crippen LogP contribution in [0.2, 0.25) is 0 Å². The molecule has 0 radical (unpaired) electrons. The molecule has 3 aromatic rings. The van der Waals surface area contributed by atoms with Crippen LogP contribution in [0.4, 0.5) is 5.69 Å². The number of fused-ring (bicyclic) bond motifs is 1. The van der Waals surface area contributed by atoms with Crippen molar-refractivity contribution in [3.8, 4) is 5.75 Å². The van der Waals surface area contributed by atoms with Crippen molar-refractivity contribution in [2.24, 2.45) is 5.92 Å². The smallest absolute Gasteiger partial charge is 0.305 e. The molecule has 3 rings (SSSR count). The van der Waals surface area contributed by atoms with Crippen molar-refractivity contribution in [2.45, 2.75) is 39.7 Å². The van der Waals surface area contributed by atoms with E-state index < -0.39 is 5.97 Å². The minimum absolute atomic E-state index is 0.0383. The zero-order chi connectivity index (χ0) is 23.3. The Hall–Kier alpha value is -3.48. The molecule has 7 nitrogen and oxygen atoms in total. The van der Waals surface area contributed by atoms with Crippen molar-refractivity contribution in [2.75, 3.05) is 19.0 Å². The van der Waals surface area contributed by atoms with E-state index in [-0.39, 0.29) is 24.9 Å². The van der Waals surface area contributed by atoms with E-state index in [1.165, 1.54) is 0 Å². The largest absolute Gasteiger partial charge is 0.497 e. The molecule has 0 aliphatic heterocycles. The van der Waals surface area contributed by atoms with Crippen LogP contribution in [0.5, 0.6) is 5.75 Å². The number of aryl methyl sites for hydroxylation is 1. The summed E-state index contributed by atoms with van der Waals surface area (Å²) < 4.78 is 11.6. The molecule has 1 unspecified atom stereocenters. The lowest BCUT2D eigenvalue weighted by Crippen LogP contribution is -2.25. The minimum Gasteiger partial charge on any atom is -0.497 e. The number of amides is 1. The van der Waals surface area contributed by atoms with Crippen LogP contribution in [0.25, 0.3) is 11.0 Å². The van der Waals surface area contributed by atoms with Crippen molar-refractivity contribution in [1.82, 2.24) is 5.32 Å². The van der Waals surface area contributed by atoms with E-state index in [1.807, 2.05) is 30.3 Å². The third-order valence-electron chi connectivity index (χ3n) is 5.32. The highest BCUT2D eigenvalue weighted by Crippen LogP contribution is 2.36. The quantitative estimate of drug-likeness (QED) is 0.405. The fourth-order valence-electron chi connectivity index (χ4n) is 3.69. The number of carboxylic acid groups (broad SMARTS) is 1. The van der Waals surface area contributed by atoms with Gasteiger partial charge in [-0.2, -0.15) is 0 Å². The second-order valence-electron chi connectivity index (χ2n) is 8.26. The molecular weight excluding hydrogens is 408 g/mol. The summed E-state index contributed by atoms with van der Waals surface area (Å²) in [5.74, 6) is 0.879. The van der Waals surface area contributed by atoms with Gasteiger partial charge in [0, 0.05) is 28.7 Å². The number of furan rings is 1. The summed E-state index contributed by atoms with van der Waals surface area (Å²) in [6.07, 6.45) is 0.764. The van der Waals surface area contributed by atoms with E-state index in [0.29, 0.717) is 11.5 Å². The number of anilines is 1. The van der Waals surface area contributed by atoms with Crippen molar-refractivity contribution in [3.05, 3.63) is 59.4 Å². The fourth-order valence-corrected chi connectivity index (χ4v) is 3.69. The molecule has 170 valence electrons. The monoisotopic (exact) mass is 438 g/mol. The highest BCUT2D eigenvalue weighted by atomic mass is 16.5. The topological polar surface area (TPSA) is 101 Å². The first kappa shape index (κ1) is 23.2. The summed E-state index contributed by atoms with van der Waals surface area (Å²) in [6, 6.07) is 12.9. The summed E-state index contributed by atoms with van der Waals surface area (Å²) >= 11 is 0. The molecular formula is C25H30N2O5. The molecule has 2 aromatic carbocycles. The maximum Gasteiger partial charge on any atom is 0.305 e. The second kappa shape index (κ2) is 10.2. The summed E-state index contributed by atoms with van der Waals surface area (Å²) in [5, 5.41) is 15.9. The molecule has 0 saturated heterocycles. The van der Waals surface area contributed by atoms with Gasteiger partial charge in [0.2, 0.25) is 0 Å². The standard InChI is InChI=1S/C25H30N2O5/c1-15(2)13-21(24-16(3)20-14-19(31-4)9-10-22(20)32-24)27-18-7-5-17(6-8-18)25(30)26-12-11-23(28)29/h5-10,14-15,21,27H,11-13H2,1-4H3,(H,26,30)(H,28,29). The maximum absolute atomic E-state index is 12.2. The Morgan fingerprint density at radius 1 is 1.12 bits per heavy atom. The van der Waals surface area contributed by atoms with Crippen LogP contribution in [-0.4, -0.2) is 30.6 Å². The third-order valence-corrected chi connectivity index (χ3v) is 5.32. The first-order valence-corrected chi connectivity index (χ1v) is 10.7. The third kappa shape index (κ3) is 5.60. The van der Waals surface area contributed by atoms with Gasteiger partial charge in [-0.05, 0) is 61.7 Å². The lowest BCUT2D eigenvalue weighted by atomic mass is 9.98. The summed E-state index contributed by atoms with van der Waals surface area (Å²) in [7, 11) is 1.65. The van der Waals surface area contributed by atoms with Crippen LogP contribution in [-0.2, 0) is 4.79 Å². The SMILES string of the molecule is COc1ccc2oc(C(CC(C)C)Nc3ccc(C(=O)NCCC(=O)O)cc3)c(C)c2c1. The number of carbonyl (C=O) groups excluding carboxylic acids is 1. The lowest BCUT2D eigenvalue weighted by Gasteiger charge is -2.21. The number of ether oxygens (including phenoxy) is 1. The second-order valence-corrected chi connectivity index (χ2v) is 8.26. The number of hydrogen-bond donors (Lipinski definition) is 3. The van der Waals surface area contributed by atoms with Gasteiger partial charge in [-0.3, -0.25) is 9.59 Å². The van der Waals surface area contributed by atoms with E-state index in [2.05, 4.69) is 31.4 Å². The summed E-state index contributed by atoms with van der Waals surface area (Å²) in [4.78, 5) is 22.8. The molecule has 1 amide bonds. The predicted octanol–water partition coefficient (Wildman–Crippen LogP) is 5.15. The number of aliphatic carboxylic acids is 1. The number of methoxy groups -OCH3 is 1. The molecule has 1 aromatic heterocycles. The van der Waals surface area contributed by atoms with Crippen LogP contribution in [0.3, 0.4) is 0 Å². The Morgan fingerprint density at radius 3 is 2.47 bits per heavy atom. The highest BCUT2D eigenvalue weighted by Gasteiger charge is 2.22. The lowest BCUT2D eigenvalue weighted by molar-refractivity contribution is -0.136. The van der Waals surface area contributed by atoms with E-state index >= 15 is 0 Å². The molecule has 0 aliphatic carbocycles. The van der Waals surface area contributed by atoms with Crippen LogP contribution in [0, 0.1) is 12.8 Å². The Balaban J connectivity index is 1.79. The Morgan fingerprint density at radius 2 is 1.84 bits per heavy atom. The average molecular weight is 439 g/mol. The van der Waals surface area contributed by atoms with Gasteiger partial charge in [0.25, 0.3) is 5.91 Å². The highest BCUT2D eigenvalue weighted by molar-refractivity contribution is 5.94.